The number of thiocarbonyl (C=S) groups is 1. The van der Waals surface area contributed by atoms with Gasteiger partial charge >= 0.3 is 0 Å². The molecule has 27 heavy (non-hydrogen) atoms. The standard InChI is InChI=1S/C18H15Cl2N3O3S/c1-2-9-26-15-6-4-3-5-13(15)17(25)22-23-18(27)21-16(24)12-8-7-11(19)10-14(12)20/h2-8,10H,1,9H2,(H,22,25)(H2,21,23,24,27). The Hall–Kier alpha value is -2.61. The number of carbonyl (C=O) groups is 2. The third-order valence-corrected chi connectivity index (χ3v) is 3.93. The number of benzene rings is 2. The molecule has 0 aromatic heterocycles. The second kappa shape index (κ2) is 9.91. The summed E-state index contributed by atoms with van der Waals surface area (Å²) in [6, 6.07) is 11.1. The normalized spacial score (nSPS) is 9.85. The molecule has 140 valence electrons. The number of amides is 2. The van der Waals surface area contributed by atoms with Gasteiger partial charge in [0.25, 0.3) is 11.8 Å². The van der Waals surface area contributed by atoms with Crippen molar-refractivity contribution in [2.75, 3.05) is 6.61 Å². The smallest absolute Gasteiger partial charge is 0.273 e. The molecule has 6 nitrogen and oxygen atoms in total. The van der Waals surface area contributed by atoms with E-state index in [9.17, 15) is 9.59 Å². The van der Waals surface area contributed by atoms with Crippen LogP contribution in [0.1, 0.15) is 20.7 Å². The molecule has 0 fully saturated rings. The Morgan fingerprint density at radius 3 is 2.52 bits per heavy atom. The summed E-state index contributed by atoms with van der Waals surface area (Å²) in [7, 11) is 0. The molecule has 0 heterocycles. The zero-order valence-corrected chi connectivity index (χ0v) is 16.3. The van der Waals surface area contributed by atoms with E-state index in [-0.39, 0.29) is 22.3 Å². The third-order valence-electron chi connectivity index (χ3n) is 3.18. The highest BCUT2D eigenvalue weighted by Gasteiger charge is 2.14. The highest BCUT2D eigenvalue weighted by Crippen LogP contribution is 2.21. The Morgan fingerprint density at radius 1 is 1.07 bits per heavy atom. The zero-order chi connectivity index (χ0) is 19.8. The van der Waals surface area contributed by atoms with E-state index in [1.54, 1.807) is 30.3 Å². The van der Waals surface area contributed by atoms with Crippen LogP contribution in [0.2, 0.25) is 10.0 Å². The lowest BCUT2D eigenvalue weighted by Crippen LogP contribution is -2.48. The number of hydrogen-bond donors (Lipinski definition) is 3. The minimum Gasteiger partial charge on any atom is -0.489 e. The summed E-state index contributed by atoms with van der Waals surface area (Å²) in [4.78, 5) is 24.5. The minimum atomic E-state index is -0.543. The van der Waals surface area contributed by atoms with Gasteiger partial charge in [-0.2, -0.15) is 0 Å². The highest BCUT2D eigenvalue weighted by atomic mass is 35.5. The second-order valence-electron chi connectivity index (χ2n) is 5.08. The lowest BCUT2D eigenvalue weighted by Gasteiger charge is -2.13. The van der Waals surface area contributed by atoms with Crippen LogP contribution in [-0.2, 0) is 0 Å². The molecule has 0 saturated carbocycles. The van der Waals surface area contributed by atoms with Crippen molar-refractivity contribution >= 4 is 52.3 Å². The maximum atomic E-state index is 12.3. The molecule has 3 N–H and O–H groups in total. The van der Waals surface area contributed by atoms with Crippen molar-refractivity contribution in [3.05, 3.63) is 76.3 Å². The molecule has 0 radical (unpaired) electrons. The molecule has 0 saturated heterocycles. The summed E-state index contributed by atoms with van der Waals surface area (Å²) in [5.41, 5.74) is 5.33. The van der Waals surface area contributed by atoms with E-state index in [0.717, 1.165) is 0 Å². The molecule has 0 aliphatic heterocycles. The van der Waals surface area contributed by atoms with Crippen LogP contribution in [0.5, 0.6) is 5.75 Å². The minimum absolute atomic E-state index is 0.108. The van der Waals surface area contributed by atoms with E-state index in [2.05, 4.69) is 22.7 Å². The average molecular weight is 424 g/mol. The van der Waals surface area contributed by atoms with E-state index in [1.807, 2.05) is 0 Å². The van der Waals surface area contributed by atoms with Crippen molar-refractivity contribution in [3.63, 3.8) is 0 Å². The van der Waals surface area contributed by atoms with Gasteiger partial charge in [0.05, 0.1) is 16.1 Å². The number of halogens is 2. The lowest BCUT2D eigenvalue weighted by atomic mass is 10.2. The second-order valence-corrected chi connectivity index (χ2v) is 6.33. The van der Waals surface area contributed by atoms with Crippen molar-refractivity contribution < 1.29 is 14.3 Å². The molecule has 0 aliphatic carbocycles. The van der Waals surface area contributed by atoms with Crippen LogP contribution >= 0.6 is 35.4 Å². The maximum Gasteiger partial charge on any atom is 0.273 e. The Balaban J connectivity index is 1.94. The molecule has 2 rings (SSSR count). The molecular formula is C18H15Cl2N3O3S. The number of hydrogen-bond acceptors (Lipinski definition) is 4. The van der Waals surface area contributed by atoms with Crippen LogP contribution in [0, 0.1) is 0 Å². The fraction of sp³-hybridized carbons (Fsp3) is 0.0556. The first-order valence-corrected chi connectivity index (χ1v) is 8.78. The van der Waals surface area contributed by atoms with Gasteiger partial charge in [0.2, 0.25) is 0 Å². The summed E-state index contributed by atoms with van der Waals surface area (Å²) < 4.78 is 5.42. The van der Waals surface area contributed by atoms with Crippen LogP contribution in [0.3, 0.4) is 0 Å². The summed E-state index contributed by atoms with van der Waals surface area (Å²) in [5.74, 6) is -0.645. The van der Waals surface area contributed by atoms with Crippen LogP contribution in [-0.4, -0.2) is 23.5 Å². The first kappa shape index (κ1) is 20.7. The molecule has 0 spiro atoms. The third kappa shape index (κ3) is 5.96. The Labute approximate surface area is 171 Å². The molecule has 9 heteroatoms. The van der Waals surface area contributed by atoms with E-state index < -0.39 is 11.8 Å². The monoisotopic (exact) mass is 423 g/mol. The predicted octanol–water partition coefficient (Wildman–Crippen LogP) is 3.51. The fourth-order valence-electron chi connectivity index (χ4n) is 1.98. The molecule has 0 aliphatic rings. The van der Waals surface area contributed by atoms with Gasteiger partial charge in [-0.15, -0.1) is 0 Å². The molecular weight excluding hydrogens is 409 g/mol. The maximum absolute atomic E-state index is 12.3. The summed E-state index contributed by atoms with van der Waals surface area (Å²) in [6.07, 6.45) is 1.57. The summed E-state index contributed by atoms with van der Waals surface area (Å²) in [6.45, 7) is 3.82. The average Bonchev–Trinajstić information content (AvgIpc) is 2.64. The molecule has 0 atom stereocenters. The Kier molecular flexibility index (Phi) is 7.60. The van der Waals surface area contributed by atoms with Gasteiger partial charge in [-0.05, 0) is 42.5 Å². The molecule has 2 aromatic carbocycles. The van der Waals surface area contributed by atoms with Crippen LogP contribution in [0.4, 0.5) is 0 Å². The SMILES string of the molecule is C=CCOc1ccccc1C(=O)NNC(=S)NC(=O)c1ccc(Cl)cc1Cl. The number of hydrazine groups is 1. The Morgan fingerprint density at radius 2 is 1.81 bits per heavy atom. The number of rotatable bonds is 5. The van der Waals surface area contributed by atoms with Crippen LogP contribution in [0.15, 0.2) is 55.1 Å². The van der Waals surface area contributed by atoms with Crippen molar-refractivity contribution in [3.8, 4) is 5.75 Å². The Bertz CT molecular complexity index is 890. The zero-order valence-electron chi connectivity index (χ0n) is 13.9. The summed E-state index contributed by atoms with van der Waals surface area (Å²) in [5, 5.41) is 2.88. The van der Waals surface area contributed by atoms with Crippen LogP contribution in [0.25, 0.3) is 0 Å². The number of carbonyl (C=O) groups excluding carboxylic acids is 2. The topological polar surface area (TPSA) is 79.5 Å². The van der Waals surface area contributed by atoms with E-state index in [4.69, 9.17) is 40.2 Å². The number of nitrogens with one attached hydrogen (secondary N) is 3. The van der Waals surface area contributed by atoms with Crippen LogP contribution < -0.4 is 20.9 Å². The molecule has 0 bridgehead atoms. The van der Waals surface area contributed by atoms with Crippen molar-refractivity contribution in [2.24, 2.45) is 0 Å². The summed E-state index contributed by atoms with van der Waals surface area (Å²) >= 11 is 16.8. The van der Waals surface area contributed by atoms with Gasteiger partial charge in [-0.3, -0.25) is 25.8 Å². The van der Waals surface area contributed by atoms with Crippen molar-refractivity contribution in [1.29, 1.82) is 0 Å². The van der Waals surface area contributed by atoms with Gasteiger partial charge in [0, 0.05) is 5.02 Å². The van der Waals surface area contributed by atoms with Gasteiger partial charge in [-0.1, -0.05) is 48.0 Å². The van der Waals surface area contributed by atoms with E-state index >= 15 is 0 Å². The largest absolute Gasteiger partial charge is 0.489 e. The molecule has 2 amide bonds. The predicted molar refractivity (Wildman–Crippen MR) is 109 cm³/mol. The van der Waals surface area contributed by atoms with Crippen molar-refractivity contribution in [1.82, 2.24) is 16.2 Å². The molecule has 0 unspecified atom stereocenters. The fourth-order valence-corrected chi connectivity index (χ4v) is 2.62. The quantitative estimate of drug-likeness (QED) is 0.389. The van der Waals surface area contributed by atoms with Gasteiger partial charge in [0.1, 0.15) is 12.4 Å². The van der Waals surface area contributed by atoms with E-state index in [1.165, 1.54) is 18.2 Å². The van der Waals surface area contributed by atoms with E-state index in [0.29, 0.717) is 16.3 Å². The van der Waals surface area contributed by atoms with Gasteiger partial charge in [-0.25, -0.2) is 0 Å². The van der Waals surface area contributed by atoms with Gasteiger partial charge in [0.15, 0.2) is 5.11 Å². The van der Waals surface area contributed by atoms with Crippen molar-refractivity contribution in [2.45, 2.75) is 0 Å². The lowest BCUT2D eigenvalue weighted by molar-refractivity contribution is 0.0931. The number of ether oxygens (including phenoxy) is 1. The first-order valence-electron chi connectivity index (χ1n) is 7.62. The number of para-hydroxylation sites is 1. The molecule has 2 aromatic rings. The van der Waals surface area contributed by atoms with Gasteiger partial charge < -0.3 is 4.74 Å². The first-order chi connectivity index (χ1) is 12.9. The highest BCUT2D eigenvalue weighted by molar-refractivity contribution is 7.80.